The fourth-order valence-electron chi connectivity index (χ4n) is 2.87. The van der Waals surface area contributed by atoms with Gasteiger partial charge < -0.3 is 14.7 Å². The molecule has 0 aliphatic heterocycles. The van der Waals surface area contributed by atoms with Crippen molar-refractivity contribution < 1.29 is 9.84 Å². The first kappa shape index (κ1) is 19.3. The molecule has 0 aliphatic carbocycles. The van der Waals surface area contributed by atoms with Crippen LogP contribution in [0.2, 0.25) is 0 Å². The van der Waals surface area contributed by atoms with E-state index in [2.05, 4.69) is 56.4 Å². The van der Waals surface area contributed by atoms with Gasteiger partial charge in [-0.15, -0.1) is 0 Å². The summed E-state index contributed by atoms with van der Waals surface area (Å²) in [5.74, 6) is 0.883. The van der Waals surface area contributed by atoms with Gasteiger partial charge in [0.15, 0.2) is 0 Å². The molecule has 0 bridgehead atoms. The van der Waals surface area contributed by atoms with Gasteiger partial charge in [-0.3, -0.25) is 0 Å². The van der Waals surface area contributed by atoms with Gasteiger partial charge in [0.1, 0.15) is 5.75 Å². The average Bonchev–Trinajstić information content (AvgIpc) is 3.08. The standard InChI is InChI=1S/C20H23BrN2O2S/c1-2-23(11-12-24)10-3-13-25-17-8-9-18-19(14-17)26-22-20(18)15-4-6-16(21)7-5-15/h4-9,14,24H,2-3,10-13H2,1H3. The van der Waals surface area contributed by atoms with E-state index in [1.165, 1.54) is 11.5 Å². The highest BCUT2D eigenvalue weighted by Gasteiger charge is 2.10. The van der Waals surface area contributed by atoms with E-state index < -0.39 is 0 Å². The minimum Gasteiger partial charge on any atom is -0.493 e. The van der Waals surface area contributed by atoms with Crippen LogP contribution in [0.15, 0.2) is 46.9 Å². The van der Waals surface area contributed by atoms with Crippen molar-refractivity contribution in [2.75, 3.05) is 32.8 Å². The molecule has 0 saturated carbocycles. The average molecular weight is 435 g/mol. The number of hydrogen-bond acceptors (Lipinski definition) is 5. The molecule has 3 aromatic rings. The Kier molecular flexibility index (Phi) is 7.02. The van der Waals surface area contributed by atoms with Gasteiger partial charge in [-0.2, -0.15) is 4.37 Å². The quantitative estimate of drug-likeness (QED) is 0.490. The van der Waals surface area contributed by atoms with Crippen molar-refractivity contribution >= 4 is 37.5 Å². The first-order chi connectivity index (χ1) is 12.7. The Morgan fingerprint density at radius 3 is 2.69 bits per heavy atom. The minimum atomic E-state index is 0.206. The van der Waals surface area contributed by atoms with Crippen molar-refractivity contribution in [3.63, 3.8) is 0 Å². The second-order valence-corrected chi connectivity index (χ2v) is 7.78. The lowest BCUT2D eigenvalue weighted by Crippen LogP contribution is -2.28. The van der Waals surface area contributed by atoms with Crippen LogP contribution < -0.4 is 4.74 Å². The lowest BCUT2D eigenvalue weighted by molar-refractivity contribution is 0.189. The number of aromatic nitrogens is 1. The SMILES string of the molecule is CCN(CCO)CCCOc1ccc2c(-c3ccc(Br)cc3)nsc2c1. The zero-order valence-electron chi connectivity index (χ0n) is 14.8. The van der Waals surface area contributed by atoms with Gasteiger partial charge in [-0.25, -0.2) is 0 Å². The Bertz CT molecular complexity index is 835. The smallest absolute Gasteiger partial charge is 0.120 e. The van der Waals surface area contributed by atoms with Crippen LogP contribution in [-0.4, -0.2) is 47.2 Å². The third-order valence-corrected chi connectivity index (χ3v) is 5.65. The highest BCUT2D eigenvalue weighted by molar-refractivity contribution is 9.10. The molecule has 0 fully saturated rings. The van der Waals surface area contributed by atoms with Gasteiger partial charge in [0.2, 0.25) is 0 Å². The second kappa shape index (κ2) is 9.46. The molecule has 1 aromatic heterocycles. The molecule has 26 heavy (non-hydrogen) atoms. The van der Waals surface area contributed by atoms with Crippen molar-refractivity contribution in [2.24, 2.45) is 0 Å². The lowest BCUT2D eigenvalue weighted by Gasteiger charge is -2.18. The van der Waals surface area contributed by atoms with E-state index in [4.69, 9.17) is 9.84 Å². The summed E-state index contributed by atoms with van der Waals surface area (Å²) in [5.41, 5.74) is 2.14. The number of likely N-dealkylation sites (N-methyl/N-ethyl adjacent to an activating group) is 1. The van der Waals surface area contributed by atoms with E-state index in [0.29, 0.717) is 6.61 Å². The monoisotopic (exact) mass is 434 g/mol. The topological polar surface area (TPSA) is 45.6 Å². The van der Waals surface area contributed by atoms with Gasteiger partial charge in [0.05, 0.1) is 23.6 Å². The molecule has 1 heterocycles. The van der Waals surface area contributed by atoms with E-state index in [1.54, 1.807) is 0 Å². The van der Waals surface area contributed by atoms with Crippen LogP contribution in [-0.2, 0) is 0 Å². The maximum Gasteiger partial charge on any atom is 0.120 e. The molecular weight excluding hydrogens is 412 g/mol. The molecule has 3 rings (SSSR count). The highest BCUT2D eigenvalue weighted by Crippen LogP contribution is 2.33. The first-order valence-corrected chi connectivity index (χ1v) is 10.4. The molecule has 0 aliphatic rings. The second-order valence-electron chi connectivity index (χ2n) is 6.06. The van der Waals surface area contributed by atoms with Gasteiger partial charge >= 0.3 is 0 Å². The van der Waals surface area contributed by atoms with Crippen LogP contribution in [0.5, 0.6) is 5.75 Å². The zero-order chi connectivity index (χ0) is 18.4. The number of ether oxygens (including phenoxy) is 1. The van der Waals surface area contributed by atoms with Crippen LogP contribution in [0, 0.1) is 0 Å². The number of rotatable bonds is 9. The summed E-state index contributed by atoms with van der Waals surface area (Å²) in [6.45, 7) is 5.60. The van der Waals surface area contributed by atoms with Gasteiger partial charge in [-0.1, -0.05) is 35.0 Å². The summed E-state index contributed by atoms with van der Waals surface area (Å²) >= 11 is 4.97. The summed E-state index contributed by atoms with van der Waals surface area (Å²) in [4.78, 5) is 2.22. The summed E-state index contributed by atoms with van der Waals surface area (Å²) in [6, 6.07) is 14.4. The number of aliphatic hydroxyl groups excluding tert-OH is 1. The Morgan fingerprint density at radius 1 is 1.15 bits per heavy atom. The van der Waals surface area contributed by atoms with Gasteiger partial charge in [0.25, 0.3) is 0 Å². The molecule has 0 amide bonds. The maximum atomic E-state index is 9.02. The Hall–Kier alpha value is -1.47. The fraction of sp³-hybridized carbons (Fsp3) is 0.350. The van der Waals surface area contributed by atoms with Crippen molar-refractivity contribution in [2.45, 2.75) is 13.3 Å². The highest BCUT2D eigenvalue weighted by atomic mass is 79.9. The molecule has 0 atom stereocenters. The summed E-state index contributed by atoms with van der Waals surface area (Å²) in [6.07, 6.45) is 0.943. The number of hydrogen-bond donors (Lipinski definition) is 1. The first-order valence-electron chi connectivity index (χ1n) is 8.82. The van der Waals surface area contributed by atoms with Crippen LogP contribution in [0.25, 0.3) is 21.3 Å². The summed E-state index contributed by atoms with van der Waals surface area (Å²) < 4.78 is 12.7. The third kappa shape index (κ3) is 4.82. The molecular formula is C20H23BrN2O2S. The normalized spacial score (nSPS) is 11.4. The molecule has 1 N–H and O–H groups in total. The summed E-state index contributed by atoms with van der Waals surface area (Å²) in [5, 5.41) is 10.2. The number of benzene rings is 2. The van der Waals surface area contributed by atoms with E-state index in [-0.39, 0.29) is 6.61 Å². The van der Waals surface area contributed by atoms with Crippen LogP contribution in [0.4, 0.5) is 0 Å². The number of fused-ring (bicyclic) bond motifs is 1. The molecule has 138 valence electrons. The molecule has 0 saturated heterocycles. The van der Waals surface area contributed by atoms with E-state index in [1.807, 2.05) is 18.2 Å². The molecule has 6 heteroatoms. The molecule has 2 aromatic carbocycles. The van der Waals surface area contributed by atoms with Crippen molar-refractivity contribution in [3.8, 4) is 17.0 Å². The van der Waals surface area contributed by atoms with Crippen molar-refractivity contribution in [1.29, 1.82) is 0 Å². The molecule has 0 unspecified atom stereocenters. The van der Waals surface area contributed by atoms with Crippen molar-refractivity contribution in [1.82, 2.24) is 9.27 Å². The molecule has 0 radical (unpaired) electrons. The van der Waals surface area contributed by atoms with Crippen LogP contribution in [0.1, 0.15) is 13.3 Å². The van der Waals surface area contributed by atoms with Crippen LogP contribution >= 0.6 is 27.5 Å². The summed E-state index contributed by atoms with van der Waals surface area (Å²) in [7, 11) is 0. The molecule has 4 nitrogen and oxygen atoms in total. The number of halogens is 1. The Morgan fingerprint density at radius 2 is 1.96 bits per heavy atom. The van der Waals surface area contributed by atoms with E-state index >= 15 is 0 Å². The van der Waals surface area contributed by atoms with E-state index in [9.17, 15) is 0 Å². The number of nitrogens with zero attached hydrogens (tertiary/aromatic N) is 2. The zero-order valence-corrected chi connectivity index (χ0v) is 17.2. The Balaban J connectivity index is 1.62. The third-order valence-electron chi connectivity index (χ3n) is 4.31. The van der Waals surface area contributed by atoms with Gasteiger partial charge in [0, 0.05) is 28.5 Å². The molecule has 0 spiro atoms. The van der Waals surface area contributed by atoms with Crippen molar-refractivity contribution in [3.05, 3.63) is 46.9 Å². The van der Waals surface area contributed by atoms with E-state index in [0.717, 1.165) is 57.6 Å². The fourth-order valence-corrected chi connectivity index (χ4v) is 3.96. The lowest BCUT2D eigenvalue weighted by atomic mass is 10.1. The Labute approximate surface area is 166 Å². The number of aliphatic hydroxyl groups is 1. The predicted molar refractivity (Wildman–Crippen MR) is 112 cm³/mol. The maximum absolute atomic E-state index is 9.02. The minimum absolute atomic E-state index is 0.206. The predicted octanol–water partition coefficient (Wildman–Crippen LogP) is 4.81. The largest absolute Gasteiger partial charge is 0.493 e. The van der Waals surface area contributed by atoms with Crippen LogP contribution in [0.3, 0.4) is 0 Å². The van der Waals surface area contributed by atoms with Gasteiger partial charge in [-0.05, 0) is 54.8 Å².